The summed E-state index contributed by atoms with van der Waals surface area (Å²) in [7, 11) is 1.88. The van der Waals surface area contributed by atoms with Crippen molar-refractivity contribution in [3.63, 3.8) is 0 Å². The Morgan fingerprint density at radius 2 is 2.08 bits per heavy atom. The molecule has 0 unspecified atom stereocenters. The molecule has 2 heterocycles. The normalized spacial score (nSPS) is 22.3. The molecule has 0 saturated carbocycles. The van der Waals surface area contributed by atoms with Gasteiger partial charge in [-0.2, -0.15) is 5.10 Å². The summed E-state index contributed by atoms with van der Waals surface area (Å²) in [5.41, 5.74) is 1.56. The third-order valence-corrected chi connectivity index (χ3v) is 7.39. The number of rotatable bonds is 4. The maximum absolute atomic E-state index is 12.3. The highest BCUT2D eigenvalue weighted by molar-refractivity contribution is 8.28. The van der Waals surface area contributed by atoms with Gasteiger partial charge in [0.05, 0.1) is 17.2 Å². The van der Waals surface area contributed by atoms with Crippen molar-refractivity contribution >= 4 is 57.6 Å². The quantitative estimate of drug-likeness (QED) is 0.696. The summed E-state index contributed by atoms with van der Waals surface area (Å²) in [5.74, 6) is -0.503. The molecule has 26 heavy (non-hydrogen) atoms. The fourth-order valence-corrected chi connectivity index (χ4v) is 5.75. The molecule has 2 aliphatic rings. The lowest BCUT2D eigenvalue weighted by molar-refractivity contribution is -0.134. The van der Waals surface area contributed by atoms with Crippen molar-refractivity contribution in [2.24, 2.45) is 5.10 Å². The van der Waals surface area contributed by atoms with Gasteiger partial charge in [0.25, 0.3) is 0 Å². The summed E-state index contributed by atoms with van der Waals surface area (Å²) in [6, 6.07) is 7.23. The van der Waals surface area contributed by atoms with Crippen LogP contribution in [0.3, 0.4) is 0 Å². The second-order valence-electron chi connectivity index (χ2n) is 5.70. The summed E-state index contributed by atoms with van der Waals surface area (Å²) >= 11 is 8.79. The molecule has 0 fully saturated rings. The number of thioether (sulfide) groups is 2. The van der Waals surface area contributed by atoms with Gasteiger partial charge in [-0.3, -0.25) is 4.79 Å². The van der Waals surface area contributed by atoms with Crippen LogP contribution in [0.25, 0.3) is 0 Å². The van der Waals surface area contributed by atoms with E-state index in [1.807, 2.05) is 31.0 Å². The lowest BCUT2D eigenvalue weighted by Gasteiger charge is -2.39. The first kappa shape index (κ1) is 19.1. The zero-order valence-electron chi connectivity index (χ0n) is 14.8. The molecular formula is C17H18ClN3O3S2. The smallest absolute Gasteiger partial charge is 0.365 e. The zero-order chi connectivity index (χ0) is 19.1. The van der Waals surface area contributed by atoms with Crippen molar-refractivity contribution in [1.29, 1.82) is 0 Å². The number of anilines is 1. The Labute approximate surface area is 165 Å². The van der Waals surface area contributed by atoms with E-state index in [1.165, 1.54) is 30.4 Å². The summed E-state index contributed by atoms with van der Waals surface area (Å²) in [5, 5.41) is 7.03. The standard InChI is InChI=1S/C17H18ClN3O3S2/c1-5-24-16(23)15-19-21(13-8-6-7-12(18)9-13)17(26-15)20(4)10(2)14(25-17)11(3)22/h6-9H,5H2,1-4H3/t17-/m0/s1. The maximum atomic E-state index is 12.3. The number of carbonyl (C=O) groups excluding carboxylic acids is 2. The SMILES string of the molecule is CCOC(=O)C1=NN(c2cccc(Cl)c2)[C@]2(S1)SC(C(C)=O)=C(C)N2C. The topological polar surface area (TPSA) is 62.2 Å². The van der Waals surface area contributed by atoms with E-state index in [-0.39, 0.29) is 17.4 Å². The zero-order valence-corrected chi connectivity index (χ0v) is 17.2. The van der Waals surface area contributed by atoms with E-state index in [1.54, 1.807) is 24.1 Å². The molecular weight excluding hydrogens is 394 g/mol. The largest absolute Gasteiger partial charge is 0.461 e. The molecule has 1 aromatic carbocycles. The van der Waals surface area contributed by atoms with Gasteiger partial charge in [0.1, 0.15) is 0 Å². The molecule has 0 N–H and O–H groups in total. The number of ether oxygens (including phenoxy) is 1. The lowest BCUT2D eigenvalue weighted by Crippen LogP contribution is -2.47. The molecule has 0 aromatic heterocycles. The van der Waals surface area contributed by atoms with Crippen LogP contribution in [0.5, 0.6) is 0 Å². The maximum Gasteiger partial charge on any atom is 0.365 e. The van der Waals surface area contributed by atoms with Crippen LogP contribution in [0.15, 0.2) is 40.0 Å². The van der Waals surface area contributed by atoms with Crippen molar-refractivity contribution in [1.82, 2.24) is 4.90 Å². The molecule has 0 saturated heterocycles. The highest BCUT2D eigenvalue weighted by Crippen LogP contribution is 2.58. The molecule has 3 rings (SSSR count). The van der Waals surface area contributed by atoms with Crippen LogP contribution in [0, 0.1) is 0 Å². The fraction of sp³-hybridized carbons (Fsp3) is 0.353. The van der Waals surface area contributed by atoms with Gasteiger partial charge in [-0.25, -0.2) is 9.80 Å². The first-order valence-electron chi connectivity index (χ1n) is 7.95. The third-order valence-electron chi connectivity index (χ3n) is 4.00. The number of esters is 1. The van der Waals surface area contributed by atoms with Crippen molar-refractivity contribution < 1.29 is 14.3 Å². The van der Waals surface area contributed by atoms with Gasteiger partial charge in [0.2, 0.25) is 9.37 Å². The molecule has 6 nitrogen and oxygen atoms in total. The Morgan fingerprint density at radius 3 is 2.65 bits per heavy atom. The molecule has 1 atom stereocenters. The number of ketones is 1. The molecule has 0 aliphatic carbocycles. The fourth-order valence-electron chi connectivity index (χ4n) is 2.69. The number of Topliss-reactive ketones (excluding diaryl/α,β-unsaturated/α-hetero) is 1. The van der Waals surface area contributed by atoms with Crippen molar-refractivity contribution in [3.05, 3.63) is 39.9 Å². The molecule has 0 radical (unpaired) electrons. The number of hydrazone groups is 1. The van der Waals surface area contributed by atoms with Gasteiger partial charge in [-0.05, 0) is 50.7 Å². The molecule has 1 spiro atoms. The number of benzene rings is 1. The molecule has 9 heteroatoms. The van der Waals surface area contributed by atoms with E-state index in [4.69, 9.17) is 16.3 Å². The number of nitrogens with zero attached hydrogens (tertiary/aromatic N) is 3. The van der Waals surface area contributed by atoms with Gasteiger partial charge in [0, 0.05) is 17.8 Å². The predicted octanol–water partition coefficient (Wildman–Crippen LogP) is 3.88. The monoisotopic (exact) mass is 411 g/mol. The highest BCUT2D eigenvalue weighted by Gasteiger charge is 2.56. The summed E-state index contributed by atoms with van der Waals surface area (Å²) < 4.78 is 4.30. The van der Waals surface area contributed by atoms with E-state index in [0.717, 1.165) is 11.4 Å². The second kappa shape index (κ2) is 7.17. The first-order chi connectivity index (χ1) is 12.3. The molecule has 2 aliphatic heterocycles. The van der Waals surface area contributed by atoms with Crippen molar-refractivity contribution in [2.75, 3.05) is 18.7 Å². The number of hydrogen-bond acceptors (Lipinski definition) is 8. The van der Waals surface area contributed by atoms with Crippen LogP contribution in [0.1, 0.15) is 20.8 Å². The van der Waals surface area contributed by atoms with E-state index in [9.17, 15) is 9.59 Å². The van der Waals surface area contributed by atoms with Crippen molar-refractivity contribution in [2.45, 2.75) is 25.1 Å². The highest BCUT2D eigenvalue weighted by atomic mass is 35.5. The number of carbonyl (C=O) groups is 2. The first-order valence-corrected chi connectivity index (χ1v) is 9.96. The lowest BCUT2D eigenvalue weighted by atomic mass is 10.3. The van der Waals surface area contributed by atoms with Crippen LogP contribution in [-0.2, 0) is 14.3 Å². The molecule has 0 amide bonds. The van der Waals surface area contributed by atoms with Crippen LogP contribution >= 0.6 is 35.1 Å². The van der Waals surface area contributed by atoms with Crippen LogP contribution in [0.2, 0.25) is 5.02 Å². The average molecular weight is 412 g/mol. The van der Waals surface area contributed by atoms with Gasteiger partial charge >= 0.3 is 5.97 Å². The van der Waals surface area contributed by atoms with E-state index in [2.05, 4.69) is 5.10 Å². The Hall–Kier alpha value is -1.64. The predicted molar refractivity (Wildman–Crippen MR) is 107 cm³/mol. The van der Waals surface area contributed by atoms with Crippen LogP contribution in [-0.4, -0.2) is 39.7 Å². The number of halogens is 1. The average Bonchev–Trinajstić information content (AvgIpc) is 3.10. The van der Waals surface area contributed by atoms with E-state index >= 15 is 0 Å². The molecule has 0 bridgehead atoms. The second-order valence-corrected chi connectivity index (χ2v) is 8.74. The van der Waals surface area contributed by atoms with E-state index < -0.39 is 10.3 Å². The van der Waals surface area contributed by atoms with Gasteiger partial charge in [-0.15, -0.1) is 0 Å². The molecule has 1 aromatic rings. The van der Waals surface area contributed by atoms with Crippen LogP contribution in [0.4, 0.5) is 5.69 Å². The summed E-state index contributed by atoms with van der Waals surface area (Å²) in [6.45, 7) is 5.44. The summed E-state index contributed by atoms with van der Waals surface area (Å²) in [4.78, 5) is 27.0. The Balaban J connectivity index is 2.07. The minimum atomic E-state index is -0.822. The van der Waals surface area contributed by atoms with Gasteiger partial charge in [0.15, 0.2) is 5.78 Å². The van der Waals surface area contributed by atoms with Crippen LogP contribution < -0.4 is 5.01 Å². The van der Waals surface area contributed by atoms with E-state index in [0.29, 0.717) is 9.93 Å². The minimum Gasteiger partial charge on any atom is -0.461 e. The number of hydrogen-bond donors (Lipinski definition) is 0. The van der Waals surface area contributed by atoms with Gasteiger partial charge < -0.3 is 9.64 Å². The van der Waals surface area contributed by atoms with Gasteiger partial charge in [-0.1, -0.05) is 29.4 Å². The van der Waals surface area contributed by atoms with Crippen molar-refractivity contribution in [3.8, 4) is 0 Å². The Morgan fingerprint density at radius 1 is 1.35 bits per heavy atom. The summed E-state index contributed by atoms with van der Waals surface area (Å²) in [6.07, 6.45) is 0. The Bertz CT molecular complexity index is 842. The third kappa shape index (κ3) is 3.10. The Kier molecular flexibility index (Phi) is 5.28. The minimum absolute atomic E-state index is 0.0209. The number of allylic oxidation sites excluding steroid dienone is 2. The molecule has 138 valence electrons.